The van der Waals surface area contributed by atoms with Gasteiger partial charge in [-0.1, -0.05) is 74.5 Å². The maximum atomic E-state index is 4.95. The smallest absolute Gasteiger partial charge is 0.0668 e. The largest absolute Gasteiger partial charge is 0.253 e. The van der Waals surface area contributed by atoms with Crippen LogP contribution in [-0.2, 0) is 0 Å². The first kappa shape index (κ1) is 18.1. The SMILES string of the molecule is CC(=Nc1cc(-c2ccccc2C(C)C)c(C)cc1C)c1ccccc1. The topological polar surface area (TPSA) is 12.4 Å². The van der Waals surface area contributed by atoms with Gasteiger partial charge < -0.3 is 0 Å². The molecule has 0 radical (unpaired) electrons. The van der Waals surface area contributed by atoms with Gasteiger partial charge in [0.25, 0.3) is 0 Å². The second kappa shape index (κ2) is 7.70. The first-order valence-corrected chi connectivity index (χ1v) is 9.28. The maximum absolute atomic E-state index is 4.95. The van der Waals surface area contributed by atoms with Gasteiger partial charge in [-0.05, 0) is 66.1 Å². The van der Waals surface area contributed by atoms with Crippen LogP contribution in [0.2, 0.25) is 0 Å². The lowest BCUT2D eigenvalue weighted by Crippen LogP contribution is -1.96. The predicted octanol–water partition coefficient (Wildman–Crippen LogP) is 7.23. The molecule has 1 nitrogen and oxygen atoms in total. The third-order valence-corrected chi connectivity index (χ3v) is 4.90. The van der Waals surface area contributed by atoms with Crippen molar-refractivity contribution in [2.24, 2.45) is 4.99 Å². The fourth-order valence-corrected chi connectivity index (χ4v) is 3.42. The number of benzene rings is 3. The molecule has 0 amide bonds. The molecule has 1 heteroatoms. The van der Waals surface area contributed by atoms with Crippen molar-refractivity contribution in [1.82, 2.24) is 0 Å². The summed E-state index contributed by atoms with van der Waals surface area (Å²) < 4.78 is 0. The van der Waals surface area contributed by atoms with Gasteiger partial charge in [-0.2, -0.15) is 0 Å². The highest BCUT2D eigenvalue weighted by Crippen LogP contribution is 2.35. The lowest BCUT2D eigenvalue weighted by atomic mass is 9.89. The van der Waals surface area contributed by atoms with Gasteiger partial charge in [0, 0.05) is 5.71 Å². The fraction of sp³-hybridized carbons (Fsp3) is 0.240. The molecule has 0 atom stereocenters. The van der Waals surface area contributed by atoms with Crippen LogP contribution in [0.1, 0.15) is 48.9 Å². The van der Waals surface area contributed by atoms with E-state index in [0.717, 1.165) is 17.0 Å². The molecule has 0 bridgehead atoms. The Hall–Kier alpha value is -2.67. The van der Waals surface area contributed by atoms with Crippen molar-refractivity contribution in [3.8, 4) is 11.1 Å². The predicted molar refractivity (Wildman–Crippen MR) is 114 cm³/mol. The van der Waals surface area contributed by atoms with Crippen molar-refractivity contribution in [3.63, 3.8) is 0 Å². The Labute approximate surface area is 157 Å². The highest BCUT2D eigenvalue weighted by molar-refractivity contribution is 6.00. The van der Waals surface area contributed by atoms with E-state index in [4.69, 9.17) is 4.99 Å². The average molecular weight is 341 g/mol. The van der Waals surface area contributed by atoms with E-state index < -0.39 is 0 Å². The molecule has 3 rings (SSSR count). The number of aliphatic imine (C=N–C) groups is 1. The molecule has 0 spiro atoms. The summed E-state index contributed by atoms with van der Waals surface area (Å²) in [5, 5.41) is 0. The summed E-state index contributed by atoms with van der Waals surface area (Å²) in [4.78, 5) is 4.95. The van der Waals surface area contributed by atoms with Crippen molar-refractivity contribution >= 4 is 11.4 Å². The van der Waals surface area contributed by atoms with E-state index in [2.05, 4.69) is 95.3 Å². The van der Waals surface area contributed by atoms with Gasteiger partial charge in [-0.3, -0.25) is 4.99 Å². The fourth-order valence-electron chi connectivity index (χ4n) is 3.42. The van der Waals surface area contributed by atoms with Gasteiger partial charge in [-0.15, -0.1) is 0 Å². The Bertz CT molecular complexity index is 934. The van der Waals surface area contributed by atoms with Crippen molar-refractivity contribution in [2.75, 3.05) is 0 Å². The van der Waals surface area contributed by atoms with E-state index in [-0.39, 0.29) is 0 Å². The van der Waals surface area contributed by atoms with Crippen LogP contribution in [0.15, 0.2) is 71.7 Å². The second-order valence-electron chi connectivity index (χ2n) is 7.26. The quantitative estimate of drug-likeness (QED) is 0.444. The summed E-state index contributed by atoms with van der Waals surface area (Å²) in [6, 6.07) is 23.6. The molecule has 3 aromatic carbocycles. The molecule has 0 aliphatic heterocycles. The van der Waals surface area contributed by atoms with Crippen LogP contribution in [0, 0.1) is 13.8 Å². The standard InChI is InChI=1S/C25H27N/c1-17(2)22-13-9-10-14-23(22)24-16-25(19(4)15-18(24)3)26-20(5)21-11-7-6-8-12-21/h6-17H,1-5H3. The number of aryl methyl sites for hydroxylation is 2. The number of rotatable bonds is 4. The molecule has 0 fully saturated rings. The third kappa shape index (κ3) is 3.77. The molecule has 0 saturated heterocycles. The molecule has 0 aromatic heterocycles. The minimum atomic E-state index is 0.491. The highest BCUT2D eigenvalue weighted by atomic mass is 14.7. The van der Waals surface area contributed by atoms with Gasteiger partial charge in [0.05, 0.1) is 5.69 Å². The molecule has 0 unspecified atom stereocenters. The lowest BCUT2D eigenvalue weighted by molar-refractivity contribution is 0.869. The van der Waals surface area contributed by atoms with Gasteiger partial charge in [0.2, 0.25) is 0 Å². The summed E-state index contributed by atoms with van der Waals surface area (Å²) >= 11 is 0. The molecule has 0 aliphatic carbocycles. The highest BCUT2D eigenvalue weighted by Gasteiger charge is 2.12. The second-order valence-corrected chi connectivity index (χ2v) is 7.26. The Kier molecular flexibility index (Phi) is 5.37. The van der Waals surface area contributed by atoms with Crippen LogP contribution in [0.4, 0.5) is 5.69 Å². The Morgan fingerprint density at radius 1 is 0.769 bits per heavy atom. The van der Waals surface area contributed by atoms with Crippen molar-refractivity contribution < 1.29 is 0 Å². The van der Waals surface area contributed by atoms with Gasteiger partial charge in [0.1, 0.15) is 0 Å². The van der Waals surface area contributed by atoms with Gasteiger partial charge in [-0.25, -0.2) is 0 Å². The molecule has 0 saturated carbocycles. The summed E-state index contributed by atoms with van der Waals surface area (Å²) in [5.41, 5.74) is 9.74. The molecule has 0 N–H and O–H groups in total. The van der Waals surface area contributed by atoms with Crippen LogP contribution in [0.25, 0.3) is 11.1 Å². The minimum absolute atomic E-state index is 0.491. The van der Waals surface area contributed by atoms with Crippen LogP contribution in [0.3, 0.4) is 0 Å². The van der Waals surface area contributed by atoms with E-state index >= 15 is 0 Å². The van der Waals surface area contributed by atoms with Gasteiger partial charge >= 0.3 is 0 Å². The summed E-state index contributed by atoms with van der Waals surface area (Å²) in [6.45, 7) is 10.9. The van der Waals surface area contributed by atoms with E-state index in [1.54, 1.807) is 0 Å². The zero-order chi connectivity index (χ0) is 18.7. The van der Waals surface area contributed by atoms with E-state index in [1.807, 2.05) is 6.07 Å². The molecule has 26 heavy (non-hydrogen) atoms. The molecular weight excluding hydrogens is 314 g/mol. The number of nitrogens with zero attached hydrogens (tertiary/aromatic N) is 1. The number of hydrogen-bond acceptors (Lipinski definition) is 1. The normalized spacial score (nSPS) is 11.8. The molecular formula is C25H27N. The molecule has 0 aliphatic rings. The molecule has 132 valence electrons. The van der Waals surface area contributed by atoms with E-state index in [0.29, 0.717) is 5.92 Å². The summed E-state index contributed by atoms with van der Waals surface area (Å²) in [5.74, 6) is 0.491. The molecule has 3 aromatic rings. The Balaban J connectivity index is 2.12. The van der Waals surface area contributed by atoms with Crippen LogP contribution >= 0.6 is 0 Å². The summed E-state index contributed by atoms with van der Waals surface area (Å²) in [7, 11) is 0. The third-order valence-electron chi connectivity index (χ3n) is 4.90. The zero-order valence-electron chi connectivity index (χ0n) is 16.4. The maximum Gasteiger partial charge on any atom is 0.0668 e. The first-order valence-electron chi connectivity index (χ1n) is 9.28. The Morgan fingerprint density at radius 3 is 2.12 bits per heavy atom. The summed E-state index contributed by atoms with van der Waals surface area (Å²) in [6.07, 6.45) is 0. The van der Waals surface area contributed by atoms with E-state index in [9.17, 15) is 0 Å². The van der Waals surface area contributed by atoms with Crippen LogP contribution in [0.5, 0.6) is 0 Å². The average Bonchev–Trinajstić information content (AvgIpc) is 2.64. The minimum Gasteiger partial charge on any atom is -0.253 e. The van der Waals surface area contributed by atoms with Crippen LogP contribution in [-0.4, -0.2) is 5.71 Å². The van der Waals surface area contributed by atoms with Crippen LogP contribution < -0.4 is 0 Å². The van der Waals surface area contributed by atoms with Gasteiger partial charge in [0.15, 0.2) is 0 Å². The first-order chi connectivity index (χ1) is 12.5. The van der Waals surface area contributed by atoms with Crippen molar-refractivity contribution in [2.45, 2.75) is 40.5 Å². The van der Waals surface area contributed by atoms with Crippen molar-refractivity contribution in [1.29, 1.82) is 0 Å². The number of hydrogen-bond donors (Lipinski definition) is 0. The molecule has 0 heterocycles. The monoisotopic (exact) mass is 341 g/mol. The Morgan fingerprint density at radius 2 is 1.42 bits per heavy atom. The van der Waals surface area contributed by atoms with E-state index in [1.165, 1.54) is 27.8 Å². The van der Waals surface area contributed by atoms with Crippen molar-refractivity contribution in [3.05, 3.63) is 89.0 Å². The zero-order valence-corrected chi connectivity index (χ0v) is 16.4. The lowest BCUT2D eigenvalue weighted by Gasteiger charge is -2.16.